The monoisotopic (exact) mass is 664 g/mol. The molecular formula is C36H73NO7S. The minimum Gasteiger partial charge on any atom is -0.375 e. The third kappa shape index (κ3) is 34.3. The SMILES string of the molecule is CCCCCCCCCCCCCCCC(=O)C(C(=O)CCCCCCCCCCCCCCC)C(C)(N)O.COS(=O)(=O)O. The Hall–Kier alpha value is -0.870. The zero-order valence-electron chi connectivity index (χ0n) is 29.8. The van der Waals surface area contributed by atoms with Crippen LogP contribution in [0.25, 0.3) is 0 Å². The van der Waals surface area contributed by atoms with Crippen LogP contribution in [0.4, 0.5) is 0 Å². The second kappa shape index (κ2) is 31.7. The van der Waals surface area contributed by atoms with Crippen molar-refractivity contribution in [3.63, 3.8) is 0 Å². The molecule has 0 amide bonds. The standard InChI is InChI=1S/C35H69NO3.CH4O4S/c1-4-6-8-10-12-14-16-18-20-22-24-26-28-30-32(37)34(35(3,36)39)33(38)31-29-27-25-23-21-19-17-15-13-11-9-7-5-2;1-5-6(2,3)4/h34,39H,4-31,36H2,1-3H3;1H3,(H,2,3,4). The summed E-state index contributed by atoms with van der Waals surface area (Å²) in [6.45, 7) is 5.93. The van der Waals surface area contributed by atoms with E-state index in [0.717, 1.165) is 45.6 Å². The third-order valence-corrected chi connectivity index (χ3v) is 8.91. The van der Waals surface area contributed by atoms with Crippen LogP contribution < -0.4 is 5.73 Å². The summed E-state index contributed by atoms with van der Waals surface area (Å²) in [6.07, 6.45) is 33.3. The van der Waals surface area contributed by atoms with Crippen molar-refractivity contribution in [3.8, 4) is 0 Å². The Bertz CT molecular complexity index is 739. The highest BCUT2D eigenvalue weighted by Crippen LogP contribution is 2.22. The van der Waals surface area contributed by atoms with Crippen LogP contribution in [-0.2, 0) is 24.2 Å². The van der Waals surface area contributed by atoms with E-state index in [-0.39, 0.29) is 11.6 Å². The summed E-state index contributed by atoms with van der Waals surface area (Å²) in [5, 5.41) is 10.4. The van der Waals surface area contributed by atoms with E-state index >= 15 is 0 Å². The molecule has 0 aromatic carbocycles. The number of aliphatic hydroxyl groups is 1. The first-order valence-electron chi connectivity index (χ1n) is 18.5. The highest BCUT2D eigenvalue weighted by atomic mass is 32.3. The van der Waals surface area contributed by atoms with Crippen LogP contribution in [0, 0.1) is 5.92 Å². The fourth-order valence-electron chi connectivity index (χ4n) is 5.75. The molecule has 9 heteroatoms. The molecule has 0 saturated carbocycles. The molecule has 270 valence electrons. The molecule has 0 aliphatic rings. The quantitative estimate of drug-likeness (QED) is 0.0279. The second-order valence-corrected chi connectivity index (χ2v) is 14.4. The molecule has 0 aromatic heterocycles. The van der Waals surface area contributed by atoms with Crippen molar-refractivity contribution in [2.45, 2.75) is 206 Å². The number of hydrogen-bond donors (Lipinski definition) is 3. The Morgan fingerprint density at radius 3 is 0.956 bits per heavy atom. The molecule has 0 radical (unpaired) electrons. The smallest absolute Gasteiger partial charge is 0.375 e. The van der Waals surface area contributed by atoms with Crippen LogP contribution in [-0.4, -0.2) is 42.5 Å². The van der Waals surface area contributed by atoms with E-state index in [0.29, 0.717) is 12.8 Å². The van der Waals surface area contributed by atoms with Crippen molar-refractivity contribution in [1.29, 1.82) is 0 Å². The molecule has 0 spiro atoms. The van der Waals surface area contributed by atoms with Gasteiger partial charge in [-0.05, 0) is 19.8 Å². The molecule has 4 N–H and O–H groups in total. The summed E-state index contributed by atoms with van der Waals surface area (Å²) in [5.74, 6) is -1.43. The van der Waals surface area contributed by atoms with Gasteiger partial charge in [-0.15, -0.1) is 0 Å². The van der Waals surface area contributed by atoms with Gasteiger partial charge in [0.25, 0.3) is 0 Å². The van der Waals surface area contributed by atoms with Gasteiger partial charge in [0.1, 0.15) is 23.2 Å². The fraction of sp³-hybridized carbons (Fsp3) is 0.944. The normalized spacial score (nSPS) is 13.0. The number of nitrogens with two attached hydrogens (primary N) is 1. The second-order valence-electron chi connectivity index (χ2n) is 13.2. The van der Waals surface area contributed by atoms with Crippen LogP contribution in [0.2, 0.25) is 0 Å². The molecule has 0 aliphatic heterocycles. The van der Waals surface area contributed by atoms with E-state index in [1.165, 1.54) is 135 Å². The van der Waals surface area contributed by atoms with Gasteiger partial charge >= 0.3 is 10.4 Å². The lowest BCUT2D eigenvalue weighted by Gasteiger charge is -2.27. The van der Waals surface area contributed by atoms with E-state index in [4.69, 9.17) is 10.3 Å². The first-order chi connectivity index (χ1) is 21.4. The molecule has 45 heavy (non-hydrogen) atoms. The zero-order valence-corrected chi connectivity index (χ0v) is 30.6. The summed E-state index contributed by atoms with van der Waals surface area (Å²) in [6, 6.07) is 0. The molecule has 0 heterocycles. The van der Waals surface area contributed by atoms with E-state index in [1.807, 2.05) is 0 Å². The molecule has 1 atom stereocenters. The summed E-state index contributed by atoms with van der Waals surface area (Å²) in [7, 11) is -3.29. The first kappa shape index (κ1) is 46.2. The van der Waals surface area contributed by atoms with Gasteiger partial charge in [-0.25, -0.2) is 0 Å². The molecule has 0 aromatic rings. The molecule has 8 nitrogen and oxygen atoms in total. The van der Waals surface area contributed by atoms with Crippen molar-refractivity contribution in [3.05, 3.63) is 0 Å². The first-order valence-corrected chi connectivity index (χ1v) is 19.9. The van der Waals surface area contributed by atoms with Gasteiger partial charge in [0.05, 0.1) is 7.11 Å². The predicted molar refractivity (Wildman–Crippen MR) is 187 cm³/mol. The average molecular weight is 664 g/mol. The Kier molecular flexibility index (Phi) is 32.6. The van der Waals surface area contributed by atoms with Gasteiger partial charge in [-0.2, -0.15) is 8.42 Å². The lowest BCUT2D eigenvalue weighted by atomic mass is 9.84. The summed E-state index contributed by atoms with van der Waals surface area (Å²) in [5.41, 5.74) is 4.12. The molecule has 0 bridgehead atoms. The number of Topliss-reactive ketones (excluding diaryl/α,β-unsaturated/α-hetero) is 2. The van der Waals surface area contributed by atoms with Gasteiger partial charge < -0.3 is 10.8 Å². The molecule has 0 aliphatic carbocycles. The Morgan fingerprint density at radius 2 is 0.778 bits per heavy atom. The van der Waals surface area contributed by atoms with Gasteiger partial charge in [0.15, 0.2) is 0 Å². The van der Waals surface area contributed by atoms with Crippen LogP contribution in [0.5, 0.6) is 0 Å². The van der Waals surface area contributed by atoms with Gasteiger partial charge in [0, 0.05) is 12.8 Å². The molecule has 1 unspecified atom stereocenters. The topological polar surface area (TPSA) is 144 Å². The largest absolute Gasteiger partial charge is 0.397 e. The van der Waals surface area contributed by atoms with Gasteiger partial charge in [0.2, 0.25) is 0 Å². The van der Waals surface area contributed by atoms with E-state index in [9.17, 15) is 23.1 Å². The van der Waals surface area contributed by atoms with Crippen molar-refractivity contribution in [2.24, 2.45) is 11.7 Å². The molecule has 0 fully saturated rings. The van der Waals surface area contributed by atoms with E-state index in [2.05, 4.69) is 18.0 Å². The third-order valence-electron chi connectivity index (χ3n) is 8.49. The Balaban J connectivity index is 0. The number of hydrogen-bond acceptors (Lipinski definition) is 7. The van der Waals surface area contributed by atoms with Crippen LogP contribution in [0.3, 0.4) is 0 Å². The fourth-order valence-corrected chi connectivity index (χ4v) is 5.75. The summed E-state index contributed by atoms with van der Waals surface area (Å²) in [4.78, 5) is 25.6. The molecular weight excluding hydrogens is 590 g/mol. The number of carbonyl (C=O) groups excluding carboxylic acids is 2. The van der Waals surface area contributed by atoms with Crippen molar-refractivity contribution in [1.82, 2.24) is 0 Å². The molecule has 0 rings (SSSR count). The molecule has 0 saturated heterocycles. The minimum absolute atomic E-state index is 0.176. The minimum atomic E-state index is -4.16. The van der Waals surface area contributed by atoms with Crippen LogP contribution in [0.15, 0.2) is 0 Å². The zero-order chi connectivity index (χ0) is 34.2. The van der Waals surface area contributed by atoms with Gasteiger partial charge in [-0.3, -0.25) is 18.3 Å². The maximum Gasteiger partial charge on any atom is 0.397 e. The van der Waals surface area contributed by atoms with Gasteiger partial charge in [-0.1, -0.05) is 168 Å². The predicted octanol–water partition coefficient (Wildman–Crippen LogP) is 9.81. The maximum absolute atomic E-state index is 12.8. The number of carbonyl (C=O) groups is 2. The Morgan fingerprint density at radius 1 is 0.578 bits per heavy atom. The summed E-state index contributed by atoms with van der Waals surface area (Å²) < 4.78 is 29.7. The highest BCUT2D eigenvalue weighted by Gasteiger charge is 2.38. The van der Waals surface area contributed by atoms with Crippen LogP contribution in [0.1, 0.15) is 201 Å². The van der Waals surface area contributed by atoms with Crippen LogP contribution >= 0.6 is 0 Å². The maximum atomic E-state index is 12.8. The lowest BCUT2D eigenvalue weighted by Crippen LogP contribution is -2.51. The number of unbranched alkanes of at least 4 members (excludes halogenated alkanes) is 24. The van der Waals surface area contributed by atoms with E-state index in [1.54, 1.807) is 0 Å². The average Bonchev–Trinajstić information content (AvgIpc) is 2.97. The van der Waals surface area contributed by atoms with Crippen molar-refractivity contribution < 1.29 is 31.8 Å². The number of ketones is 2. The Labute approximate surface area is 278 Å². The van der Waals surface area contributed by atoms with Crippen molar-refractivity contribution in [2.75, 3.05) is 7.11 Å². The van der Waals surface area contributed by atoms with E-state index < -0.39 is 22.0 Å². The summed E-state index contributed by atoms with van der Waals surface area (Å²) >= 11 is 0. The highest BCUT2D eigenvalue weighted by molar-refractivity contribution is 7.80. The van der Waals surface area contributed by atoms with Crippen molar-refractivity contribution >= 4 is 22.0 Å². The lowest BCUT2D eigenvalue weighted by molar-refractivity contribution is -0.143. The number of rotatable bonds is 32.